The van der Waals surface area contributed by atoms with Gasteiger partial charge in [0, 0.05) is 37.4 Å². The van der Waals surface area contributed by atoms with Crippen LogP contribution in [-0.4, -0.2) is 28.0 Å². The molecule has 0 N–H and O–H groups in total. The minimum absolute atomic E-state index is 0.0186. The van der Waals surface area contributed by atoms with E-state index in [4.69, 9.17) is 11.6 Å². The maximum Gasteiger partial charge on any atom is 0.293 e. The number of halogens is 1. The van der Waals surface area contributed by atoms with Crippen LogP contribution in [0.15, 0.2) is 17.2 Å². The number of aryl methyl sites for hydroxylation is 1. The third-order valence-electron chi connectivity index (χ3n) is 3.97. The van der Waals surface area contributed by atoms with Crippen molar-refractivity contribution in [2.75, 3.05) is 17.3 Å². The number of aromatic nitrogens is 2. The highest BCUT2D eigenvalue weighted by Crippen LogP contribution is 2.24. The van der Waals surface area contributed by atoms with E-state index >= 15 is 0 Å². The summed E-state index contributed by atoms with van der Waals surface area (Å²) in [5.41, 5.74) is 0.0186. The molecule has 0 amide bonds. The van der Waals surface area contributed by atoms with Crippen LogP contribution >= 0.6 is 11.6 Å². The second-order valence-electron chi connectivity index (χ2n) is 5.42. The minimum atomic E-state index is 0.0186. The van der Waals surface area contributed by atoms with Gasteiger partial charge in [0.15, 0.2) is 5.82 Å². The predicted octanol–water partition coefficient (Wildman–Crippen LogP) is 3.03. The molecule has 5 heteroatoms. The normalized spacial score (nSPS) is 16.3. The highest BCUT2D eigenvalue weighted by Gasteiger charge is 2.24. The van der Waals surface area contributed by atoms with E-state index in [2.05, 4.69) is 16.8 Å². The van der Waals surface area contributed by atoms with Crippen LogP contribution in [0, 0.1) is 0 Å². The van der Waals surface area contributed by atoms with Crippen LogP contribution in [-0.2, 0) is 6.54 Å². The van der Waals surface area contributed by atoms with Gasteiger partial charge < -0.3 is 9.47 Å². The first-order chi connectivity index (χ1) is 9.77. The van der Waals surface area contributed by atoms with Gasteiger partial charge in [-0.05, 0) is 19.3 Å². The number of alkyl halides is 1. The summed E-state index contributed by atoms with van der Waals surface area (Å²) in [5, 5.41) is 0. The van der Waals surface area contributed by atoms with Gasteiger partial charge in [-0.25, -0.2) is 4.98 Å². The van der Waals surface area contributed by atoms with Crippen molar-refractivity contribution in [1.82, 2.24) is 9.55 Å². The minimum Gasteiger partial charge on any atom is -0.348 e. The maximum absolute atomic E-state index is 12.5. The first-order valence-electron chi connectivity index (χ1n) is 7.66. The summed E-state index contributed by atoms with van der Waals surface area (Å²) in [6.45, 7) is 3.52. The number of hydrogen-bond acceptors (Lipinski definition) is 3. The van der Waals surface area contributed by atoms with Crippen molar-refractivity contribution in [2.24, 2.45) is 0 Å². The average Bonchev–Trinajstić information content (AvgIpc) is 2.49. The molecule has 2 rings (SSSR count). The molecule has 1 heterocycles. The van der Waals surface area contributed by atoms with Crippen molar-refractivity contribution in [3.63, 3.8) is 0 Å². The lowest BCUT2D eigenvalue weighted by molar-refractivity contribution is 0.415. The lowest BCUT2D eigenvalue weighted by Gasteiger charge is -2.34. The van der Waals surface area contributed by atoms with E-state index in [0.29, 0.717) is 24.3 Å². The molecule has 20 heavy (non-hydrogen) atoms. The van der Waals surface area contributed by atoms with Crippen molar-refractivity contribution in [3.05, 3.63) is 22.7 Å². The molecule has 0 radical (unpaired) electrons. The second-order valence-corrected chi connectivity index (χ2v) is 5.80. The fraction of sp³-hybridized carbons (Fsp3) is 0.733. The summed E-state index contributed by atoms with van der Waals surface area (Å²) >= 11 is 5.94. The molecule has 1 aliphatic carbocycles. The summed E-state index contributed by atoms with van der Waals surface area (Å²) < 4.78 is 1.76. The molecule has 112 valence electrons. The van der Waals surface area contributed by atoms with E-state index in [1.807, 2.05) is 0 Å². The van der Waals surface area contributed by atoms with Crippen LogP contribution in [0.5, 0.6) is 0 Å². The SMILES string of the molecule is CCCn1ccnc(N(CCCl)C2CCCCC2)c1=O. The number of hydrogen-bond donors (Lipinski definition) is 0. The Hall–Kier alpha value is -1.03. The summed E-state index contributed by atoms with van der Waals surface area (Å²) in [5.74, 6) is 1.11. The summed E-state index contributed by atoms with van der Waals surface area (Å²) in [4.78, 5) is 19.0. The van der Waals surface area contributed by atoms with Crippen molar-refractivity contribution < 1.29 is 0 Å². The Labute approximate surface area is 125 Å². The Morgan fingerprint density at radius 3 is 2.80 bits per heavy atom. The quantitative estimate of drug-likeness (QED) is 0.758. The smallest absolute Gasteiger partial charge is 0.293 e. The molecule has 0 spiro atoms. The third-order valence-corrected chi connectivity index (χ3v) is 4.14. The predicted molar refractivity (Wildman–Crippen MR) is 83.7 cm³/mol. The first-order valence-corrected chi connectivity index (χ1v) is 8.19. The molecule has 1 saturated carbocycles. The maximum atomic E-state index is 12.5. The molecule has 1 fully saturated rings. The van der Waals surface area contributed by atoms with Crippen LogP contribution in [0.3, 0.4) is 0 Å². The van der Waals surface area contributed by atoms with Gasteiger partial charge in [-0.1, -0.05) is 26.2 Å². The van der Waals surface area contributed by atoms with Crippen LogP contribution in [0.25, 0.3) is 0 Å². The molecular weight excluding hydrogens is 274 g/mol. The zero-order chi connectivity index (χ0) is 14.4. The zero-order valence-electron chi connectivity index (χ0n) is 12.2. The molecule has 1 aromatic heterocycles. The summed E-state index contributed by atoms with van der Waals surface area (Å²) in [6.07, 6.45) is 10.5. The summed E-state index contributed by atoms with van der Waals surface area (Å²) in [7, 11) is 0. The van der Waals surface area contributed by atoms with Gasteiger partial charge in [0.25, 0.3) is 5.56 Å². The standard InChI is InChI=1S/C15H24ClN3O/c1-2-10-18-12-9-17-14(15(18)20)19(11-8-16)13-6-4-3-5-7-13/h9,12-13H,2-8,10-11H2,1H3. The number of anilines is 1. The molecule has 0 bridgehead atoms. The van der Waals surface area contributed by atoms with E-state index in [9.17, 15) is 4.79 Å². The number of nitrogens with zero attached hydrogens (tertiary/aromatic N) is 3. The molecule has 0 unspecified atom stereocenters. The highest BCUT2D eigenvalue weighted by atomic mass is 35.5. The van der Waals surface area contributed by atoms with Crippen molar-refractivity contribution >= 4 is 17.4 Å². The fourth-order valence-electron chi connectivity index (χ4n) is 2.99. The third kappa shape index (κ3) is 3.54. The molecule has 0 saturated heterocycles. The van der Waals surface area contributed by atoms with Gasteiger partial charge in [0.1, 0.15) is 0 Å². The van der Waals surface area contributed by atoms with E-state index in [0.717, 1.165) is 25.8 Å². The van der Waals surface area contributed by atoms with Crippen LogP contribution in [0.2, 0.25) is 0 Å². The van der Waals surface area contributed by atoms with Gasteiger partial charge in [-0.3, -0.25) is 4.79 Å². The Morgan fingerprint density at radius 1 is 1.40 bits per heavy atom. The Balaban J connectivity index is 2.28. The Kier molecular flexibility index (Phi) is 5.89. The van der Waals surface area contributed by atoms with Crippen molar-refractivity contribution in [2.45, 2.75) is 58.0 Å². The van der Waals surface area contributed by atoms with E-state index < -0.39 is 0 Å². The van der Waals surface area contributed by atoms with Gasteiger partial charge in [0.05, 0.1) is 0 Å². The Bertz CT molecular complexity index is 468. The van der Waals surface area contributed by atoms with Gasteiger partial charge in [0.2, 0.25) is 0 Å². The topological polar surface area (TPSA) is 38.1 Å². The Morgan fingerprint density at radius 2 is 2.15 bits per heavy atom. The fourth-order valence-corrected chi connectivity index (χ4v) is 3.18. The van der Waals surface area contributed by atoms with E-state index in [1.54, 1.807) is 17.0 Å². The second kappa shape index (κ2) is 7.67. The molecule has 1 aromatic rings. The van der Waals surface area contributed by atoms with Crippen LogP contribution in [0.4, 0.5) is 5.82 Å². The molecule has 0 atom stereocenters. The van der Waals surface area contributed by atoms with Crippen LogP contribution < -0.4 is 10.5 Å². The van der Waals surface area contributed by atoms with Gasteiger partial charge >= 0.3 is 0 Å². The molecule has 0 aromatic carbocycles. The lowest BCUT2D eigenvalue weighted by Crippen LogP contribution is -2.43. The average molecular weight is 298 g/mol. The van der Waals surface area contributed by atoms with E-state index in [1.165, 1.54) is 19.3 Å². The summed E-state index contributed by atoms with van der Waals surface area (Å²) in [6, 6.07) is 0.417. The molecule has 4 nitrogen and oxygen atoms in total. The first kappa shape index (κ1) is 15.4. The highest BCUT2D eigenvalue weighted by molar-refractivity contribution is 6.18. The largest absolute Gasteiger partial charge is 0.348 e. The van der Waals surface area contributed by atoms with Crippen LogP contribution in [0.1, 0.15) is 45.4 Å². The number of rotatable bonds is 6. The van der Waals surface area contributed by atoms with Crippen molar-refractivity contribution in [3.8, 4) is 0 Å². The molecular formula is C15H24ClN3O. The van der Waals surface area contributed by atoms with Gasteiger partial charge in [-0.15, -0.1) is 11.6 Å². The lowest BCUT2D eigenvalue weighted by atomic mass is 9.94. The van der Waals surface area contributed by atoms with Crippen molar-refractivity contribution in [1.29, 1.82) is 0 Å². The van der Waals surface area contributed by atoms with Gasteiger partial charge in [-0.2, -0.15) is 0 Å². The monoisotopic (exact) mass is 297 g/mol. The molecule has 1 aliphatic rings. The molecule has 0 aliphatic heterocycles. The zero-order valence-corrected chi connectivity index (χ0v) is 13.0. The van der Waals surface area contributed by atoms with E-state index in [-0.39, 0.29) is 5.56 Å².